The molecule has 194 valence electrons. The van der Waals surface area contributed by atoms with Crippen LogP contribution in [0.2, 0.25) is 0 Å². The molecule has 4 rings (SSSR count). The Morgan fingerprint density at radius 3 is 2.49 bits per heavy atom. The van der Waals surface area contributed by atoms with E-state index in [2.05, 4.69) is 19.7 Å². The molecule has 2 heterocycles. The van der Waals surface area contributed by atoms with E-state index in [-0.39, 0.29) is 40.8 Å². The van der Waals surface area contributed by atoms with E-state index in [1.54, 1.807) is 55.5 Å². The first-order chi connectivity index (χ1) is 17.8. The molecule has 0 unspecified atom stereocenters. The molecule has 0 amide bonds. The number of para-hydroxylation sites is 2. The van der Waals surface area contributed by atoms with Gasteiger partial charge in [-0.15, -0.1) is 11.3 Å². The predicted octanol–water partition coefficient (Wildman–Crippen LogP) is 3.89. The Morgan fingerprint density at radius 1 is 1.03 bits per heavy atom. The van der Waals surface area contributed by atoms with Gasteiger partial charge in [0.2, 0.25) is 10.1 Å². The minimum absolute atomic E-state index is 0.0226. The molecule has 0 saturated heterocycles. The maximum Gasteiger partial charge on any atom is 0.290 e. The van der Waals surface area contributed by atoms with Gasteiger partial charge in [0.05, 0.1) is 20.8 Å². The van der Waals surface area contributed by atoms with E-state index in [0.717, 1.165) is 16.2 Å². The molecule has 2 N–H and O–H groups in total. The lowest BCUT2D eigenvalue weighted by atomic mass is 10.2. The van der Waals surface area contributed by atoms with Crippen LogP contribution in [-0.4, -0.2) is 55.9 Å². The van der Waals surface area contributed by atoms with E-state index in [9.17, 15) is 8.42 Å². The third kappa shape index (κ3) is 6.07. The summed E-state index contributed by atoms with van der Waals surface area (Å²) < 4.78 is 51.0. The second-order valence-corrected chi connectivity index (χ2v) is 10.5. The van der Waals surface area contributed by atoms with Crippen molar-refractivity contribution in [1.82, 2.24) is 15.0 Å². The van der Waals surface area contributed by atoms with Crippen LogP contribution in [0.3, 0.4) is 0 Å². The topological polar surface area (TPSA) is 142 Å². The second kappa shape index (κ2) is 11.4. The van der Waals surface area contributed by atoms with E-state index in [1.807, 2.05) is 0 Å². The van der Waals surface area contributed by atoms with Gasteiger partial charge in [0.25, 0.3) is 15.9 Å². The van der Waals surface area contributed by atoms with Crippen molar-refractivity contribution in [3.63, 3.8) is 0 Å². The number of hydrogen-bond acceptors (Lipinski definition) is 11. The van der Waals surface area contributed by atoms with Crippen LogP contribution in [0.1, 0.15) is 4.88 Å². The zero-order chi connectivity index (χ0) is 26.4. The average Bonchev–Trinajstić information content (AvgIpc) is 3.36. The van der Waals surface area contributed by atoms with Gasteiger partial charge >= 0.3 is 0 Å². The second-order valence-electron chi connectivity index (χ2n) is 7.43. The van der Waals surface area contributed by atoms with Crippen LogP contribution < -0.4 is 23.7 Å². The lowest BCUT2D eigenvalue weighted by Crippen LogP contribution is -2.15. The monoisotopic (exact) mass is 544 g/mol. The van der Waals surface area contributed by atoms with Gasteiger partial charge in [-0.25, -0.2) is 9.97 Å². The summed E-state index contributed by atoms with van der Waals surface area (Å²) in [5.41, 5.74) is 0.517. The SMILES string of the molecule is COc1ccccc1Oc1c(NS(=O)(=O)c2ncc(C)s2)nc(-c2cccc(OCCO)c2)nc1OC. The van der Waals surface area contributed by atoms with E-state index in [4.69, 9.17) is 24.1 Å². The number of aliphatic hydroxyl groups excluding tert-OH is 1. The molecule has 11 nitrogen and oxygen atoms in total. The van der Waals surface area contributed by atoms with Gasteiger partial charge in [-0.1, -0.05) is 24.3 Å². The van der Waals surface area contributed by atoms with Crippen molar-refractivity contribution in [2.45, 2.75) is 11.3 Å². The summed E-state index contributed by atoms with van der Waals surface area (Å²) in [6.07, 6.45) is 1.47. The fourth-order valence-corrected chi connectivity index (χ4v) is 5.31. The summed E-state index contributed by atoms with van der Waals surface area (Å²) in [5.74, 6) is 1.07. The summed E-state index contributed by atoms with van der Waals surface area (Å²) in [7, 11) is -1.25. The maximum atomic E-state index is 13.2. The third-order valence-corrected chi connectivity index (χ3v) is 7.47. The molecule has 0 fully saturated rings. The molecule has 4 aromatic rings. The molecule has 13 heteroatoms. The Morgan fingerprint density at radius 2 is 1.81 bits per heavy atom. The maximum absolute atomic E-state index is 13.2. The molecule has 0 radical (unpaired) electrons. The quantitative estimate of drug-likeness (QED) is 0.285. The Hall–Kier alpha value is -3.94. The number of anilines is 1. The Labute approximate surface area is 217 Å². The van der Waals surface area contributed by atoms with Gasteiger partial charge in [-0.3, -0.25) is 4.72 Å². The molecule has 0 spiro atoms. The predicted molar refractivity (Wildman–Crippen MR) is 137 cm³/mol. The summed E-state index contributed by atoms with van der Waals surface area (Å²) in [6, 6.07) is 13.7. The molecular formula is C24H24N4O7S2. The van der Waals surface area contributed by atoms with Gasteiger partial charge < -0.3 is 24.1 Å². The molecule has 37 heavy (non-hydrogen) atoms. The van der Waals surface area contributed by atoms with E-state index < -0.39 is 10.0 Å². The number of sulfonamides is 1. The molecular weight excluding hydrogens is 520 g/mol. The first-order valence-corrected chi connectivity index (χ1v) is 13.2. The highest BCUT2D eigenvalue weighted by Crippen LogP contribution is 2.41. The zero-order valence-electron chi connectivity index (χ0n) is 20.2. The lowest BCUT2D eigenvalue weighted by Gasteiger charge is -2.17. The lowest BCUT2D eigenvalue weighted by molar-refractivity contribution is 0.201. The summed E-state index contributed by atoms with van der Waals surface area (Å²) in [4.78, 5) is 13.6. The highest BCUT2D eigenvalue weighted by atomic mass is 32.2. The standard InChI is InChI=1S/C24H24N4O7S2/c1-15-14-25-24(36-15)37(30,31)28-22-20(35-19-10-5-4-9-18(19)32-2)23(33-3)27-21(26-22)16-7-6-8-17(13-16)34-12-11-29/h4-10,13-14,29H,11-12H2,1-3H3,(H,26,27,28). The van der Waals surface area contributed by atoms with E-state index in [0.29, 0.717) is 22.8 Å². The molecule has 0 aliphatic rings. The van der Waals surface area contributed by atoms with Crippen LogP contribution in [0.25, 0.3) is 11.4 Å². The highest BCUT2D eigenvalue weighted by Gasteiger charge is 2.26. The zero-order valence-corrected chi connectivity index (χ0v) is 21.8. The molecule has 0 saturated carbocycles. The number of benzene rings is 2. The van der Waals surface area contributed by atoms with Gasteiger partial charge in [0.15, 0.2) is 23.1 Å². The first kappa shape index (κ1) is 26.1. The van der Waals surface area contributed by atoms with Gasteiger partial charge in [0.1, 0.15) is 12.4 Å². The molecule has 2 aromatic carbocycles. The Bertz CT molecular complexity index is 1490. The van der Waals surface area contributed by atoms with Crippen LogP contribution in [0, 0.1) is 6.92 Å². The summed E-state index contributed by atoms with van der Waals surface area (Å²) in [6.45, 7) is 1.72. The van der Waals surface area contributed by atoms with Crippen LogP contribution in [0.5, 0.6) is 28.9 Å². The number of rotatable bonds is 11. The van der Waals surface area contributed by atoms with Crippen molar-refractivity contribution < 1.29 is 32.5 Å². The van der Waals surface area contributed by atoms with Gasteiger partial charge in [-0.05, 0) is 31.2 Å². The molecule has 0 bridgehead atoms. The summed E-state index contributed by atoms with van der Waals surface area (Å²) >= 11 is 1.02. The molecule has 0 aliphatic heterocycles. The van der Waals surface area contributed by atoms with Crippen molar-refractivity contribution in [2.75, 3.05) is 32.2 Å². The Kier molecular flexibility index (Phi) is 8.06. The number of methoxy groups -OCH3 is 2. The van der Waals surface area contributed by atoms with Crippen molar-refractivity contribution in [3.05, 3.63) is 59.6 Å². The average molecular weight is 545 g/mol. The fourth-order valence-electron chi connectivity index (χ4n) is 3.19. The van der Waals surface area contributed by atoms with E-state index >= 15 is 0 Å². The number of thiazole rings is 1. The Balaban J connectivity index is 1.84. The third-order valence-electron chi connectivity index (χ3n) is 4.82. The van der Waals surface area contributed by atoms with Gasteiger partial charge in [0, 0.05) is 16.6 Å². The first-order valence-electron chi connectivity index (χ1n) is 10.9. The number of ether oxygens (including phenoxy) is 4. The van der Waals surface area contributed by atoms with Crippen molar-refractivity contribution in [1.29, 1.82) is 0 Å². The van der Waals surface area contributed by atoms with Gasteiger partial charge in [-0.2, -0.15) is 13.4 Å². The number of aromatic nitrogens is 3. The highest BCUT2D eigenvalue weighted by molar-refractivity contribution is 7.94. The minimum atomic E-state index is -4.12. The largest absolute Gasteiger partial charge is 0.493 e. The minimum Gasteiger partial charge on any atom is -0.493 e. The van der Waals surface area contributed by atoms with Crippen LogP contribution in [0.4, 0.5) is 5.82 Å². The van der Waals surface area contributed by atoms with Crippen LogP contribution in [0.15, 0.2) is 59.1 Å². The van der Waals surface area contributed by atoms with Crippen molar-refractivity contribution in [2.24, 2.45) is 0 Å². The van der Waals surface area contributed by atoms with Crippen molar-refractivity contribution >= 4 is 27.2 Å². The number of nitrogens with zero attached hydrogens (tertiary/aromatic N) is 3. The normalized spacial score (nSPS) is 11.1. The fraction of sp³-hybridized carbons (Fsp3) is 0.208. The molecule has 0 atom stereocenters. The number of nitrogens with one attached hydrogen (secondary N) is 1. The number of aliphatic hydroxyl groups is 1. The molecule has 2 aromatic heterocycles. The number of aryl methyl sites for hydroxylation is 1. The summed E-state index contributed by atoms with van der Waals surface area (Å²) in [5, 5.41) is 9.05. The van der Waals surface area contributed by atoms with E-state index in [1.165, 1.54) is 20.4 Å². The van der Waals surface area contributed by atoms with Crippen LogP contribution in [-0.2, 0) is 10.0 Å². The van der Waals surface area contributed by atoms with Crippen LogP contribution >= 0.6 is 11.3 Å². The number of hydrogen-bond donors (Lipinski definition) is 2. The smallest absolute Gasteiger partial charge is 0.290 e. The molecule has 0 aliphatic carbocycles. The van der Waals surface area contributed by atoms with Crippen molar-refractivity contribution in [3.8, 4) is 40.3 Å².